The van der Waals surface area contributed by atoms with Crippen molar-refractivity contribution in [3.8, 4) is 0 Å². The summed E-state index contributed by atoms with van der Waals surface area (Å²) in [5.41, 5.74) is 6.34. The van der Waals surface area contributed by atoms with E-state index in [2.05, 4.69) is 4.72 Å². The lowest BCUT2D eigenvalue weighted by Crippen LogP contribution is -2.14. The number of rotatable bonds is 4. The number of nitrogens with two attached hydrogens (primary N) is 1. The van der Waals surface area contributed by atoms with Crippen LogP contribution in [-0.4, -0.2) is 14.7 Å². The number of thioether (sulfide) groups is 1. The molecule has 0 radical (unpaired) electrons. The van der Waals surface area contributed by atoms with E-state index in [0.29, 0.717) is 10.7 Å². The quantitative estimate of drug-likeness (QED) is 0.666. The van der Waals surface area contributed by atoms with Crippen LogP contribution in [0.15, 0.2) is 52.3 Å². The van der Waals surface area contributed by atoms with Crippen LogP contribution in [0.25, 0.3) is 0 Å². The van der Waals surface area contributed by atoms with Gasteiger partial charge in [-0.25, -0.2) is 8.42 Å². The van der Waals surface area contributed by atoms with E-state index in [4.69, 9.17) is 17.3 Å². The van der Waals surface area contributed by atoms with E-state index in [1.807, 2.05) is 12.3 Å². The van der Waals surface area contributed by atoms with E-state index >= 15 is 0 Å². The number of benzene rings is 2. The smallest absolute Gasteiger partial charge is 0.263 e. The van der Waals surface area contributed by atoms with Gasteiger partial charge in [0.1, 0.15) is 4.90 Å². The summed E-state index contributed by atoms with van der Waals surface area (Å²) in [6.07, 6.45) is 1.92. The van der Waals surface area contributed by atoms with E-state index in [1.54, 1.807) is 24.3 Å². The molecule has 0 saturated carbocycles. The van der Waals surface area contributed by atoms with Crippen molar-refractivity contribution in [2.75, 3.05) is 16.7 Å². The Labute approximate surface area is 127 Å². The number of nitrogen functional groups attached to an aromatic ring is 1. The Kier molecular flexibility index (Phi) is 4.47. The van der Waals surface area contributed by atoms with Crippen LogP contribution in [0.2, 0.25) is 5.02 Å². The fraction of sp³-hybridized carbons (Fsp3) is 0.0769. The lowest BCUT2D eigenvalue weighted by molar-refractivity contribution is 0.601. The molecule has 0 heterocycles. The van der Waals surface area contributed by atoms with Gasteiger partial charge in [-0.2, -0.15) is 0 Å². The summed E-state index contributed by atoms with van der Waals surface area (Å²) in [5.74, 6) is 0. The SMILES string of the molecule is CSc1cccc(NS(=O)(=O)c2cc(Cl)ccc2N)c1. The first kappa shape index (κ1) is 15.0. The van der Waals surface area contributed by atoms with Crippen LogP contribution in [0, 0.1) is 0 Å². The fourth-order valence-electron chi connectivity index (χ4n) is 1.64. The summed E-state index contributed by atoms with van der Waals surface area (Å²) in [7, 11) is -3.76. The van der Waals surface area contributed by atoms with Gasteiger partial charge >= 0.3 is 0 Å². The van der Waals surface area contributed by atoms with Gasteiger partial charge in [-0.3, -0.25) is 4.72 Å². The molecule has 2 aromatic carbocycles. The second kappa shape index (κ2) is 5.95. The number of sulfonamides is 1. The molecule has 0 fully saturated rings. The maximum atomic E-state index is 12.3. The van der Waals surface area contributed by atoms with Crippen LogP contribution >= 0.6 is 23.4 Å². The molecule has 0 bridgehead atoms. The molecular formula is C13H13ClN2O2S2. The zero-order valence-electron chi connectivity index (χ0n) is 10.6. The van der Waals surface area contributed by atoms with Crippen LogP contribution < -0.4 is 10.5 Å². The summed E-state index contributed by atoms with van der Waals surface area (Å²) >= 11 is 7.35. The molecule has 0 aliphatic carbocycles. The Morgan fingerprint density at radius 2 is 1.95 bits per heavy atom. The molecule has 0 aliphatic heterocycles. The third kappa shape index (κ3) is 3.39. The van der Waals surface area contributed by atoms with Crippen molar-refractivity contribution in [1.29, 1.82) is 0 Å². The van der Waals surface area contributed by atoms with E-state index in [-0.39, 0.29) is 10.6 Å². The summed E-state index contributed by atoms with van der Waals surface area (Å²) in [4.78, 5) is 0.934. The molecule has 20 heavy (non-hydrogen) atoms. The van der Waals surface area contributed by atoms with Crippen molar-refractivity contribution in [1.82, 2.24) is 0 Å². The van der Waals surface area contributed by atoms with Crippen LogP contribution in [-0.2, 0) is 10.0 Å². The van der Waals surface area contributed by atoms with E-state index < -0.39 is 10.0 Å². The molecule has 4 nitrogen and oxygen atoms in total. The van der Waals surface area contributed by atoms with Crippen molar-refractivity contribution in [3.63, 3.8) is 0 Å². The molecule has 0 amide bonds. The largest absolute Gasteiger partial charge is 0.398 e. The standard InChI is InChI=1S/C13H13ClN2O2S2/c1-19-11-4-2-3-10(8-11)16-20(17,18)13-7-9(14)5-6-12(13)15/h2-8,16H,15H2,1H3. The number of hydrogen-bond donors (Lipinski definition) is 2. The minimum absolute atomic E-state index is 0.0282. The number of halogens is 1. The van der Waals surface area contributed by atoms with Gasteiger partial charge in [-0.15, -0.1) is 11.8 Å². The van der Waals surface area contributed by atoms with Crippen LogP contribution in [0.3, 0.4) is 0 Å². The molecule has 0 unspecified atom stereocenters. The Hall–Kier alpha value is -1.37. The molecule has 106 valence electrons. The van der Waals surface area contributed by atoms with Crippen LogP contribution in [0.1, 0.15) is 0 Å². The highest BCUT2D eigenvalue weighted by Gasteiger charge is 2.18. The van der Waals surface area contributed by atoms with E-state index in [0.717, 1.165) is 4.90 Å². The molecule has 0 saturated heterocycles. The first-order chi connectivity index (χ1) is 9.42. The van der Waals surface area contributed by atoms with Gasteiger partial charge in [0.15, 0.2) is 0 Å². The van der Waals surface area contributed by atoms with Gasteiger partial charge in [0, 0.05) is 15.6 Å². The highest BCUT2D eigenvalue weighted by Crippen LogP contribution is 2.26. The van der Waals surface area contributed by atoms with Gasteiger partial charge in [0.25, 0.3) is 10.0 Å². The maximum absolute atomic E-state index is 12.3. The van der Waals surface area contributed by atoms with Gasteiger partial charge in [0.2, 0.25) is 0 Å². The molecule has 0 aliphatic rings. The molecule has 7 heteroatoms. The highest BCUT2D eigenvalue weighted by molar-refractivity contribution is 7.98. The Morgan fingerprint density at radius 3 is 2.65 bits per heavy atom. The molecule has 0 aromatic heterocycles. The molecular weight excluding hydrogens is 316 g/mol. The van der Waals surface area contributed by atoms with Crippen LogP contribution in [0.5, 0.6) is 0 Å². The van der Waals surface area contributed by atoms with Crippen molar-refractivity contribution in [2.45, 2.75) is 9.79 Å². The minimum atomic E-state index is -3.76. The molecule has 2 aromatic rings. The van der Waals surface area contributed by atoms with Crippen molar-refractivity contribution >= 4 is 44.8 Å². The predicted molar refractivity (Wildman–Crippen MR) is 84.9 cm³/mol. The zero-order chi connectivity index (χ0) is 14.8. The Morgan fingerprint density at radius 1 is 1.20 bits per heavy atom. The van der Waals surface area contributed by atoms with Crippen molar-refractivity contribution < 1.29 is 8.42 Å². The summed E-state index contributed by atoms with van der Waals surface area (Å²) in [5, 5.41) is 0.317. The van der Waals surface area contributed by atoms with Gasteiger partial charge in [-0.05, 0) is 42.7 Å². The lowest BCUT2D eigenvalue weighted by atomic mass is 10.3. The first-order valence-corrected chi connectivity index (χ1v) is 8.73. The summed E-state index contributed by atoms with van der Waals surface area (Å²) in [6.45, 7) is 0. The number of anilines is 2. The second-order valence-corrected chi connectivity index (χ2v) is 6.99. The Balaban J connectivity index is 2.38. The molecule has 0 atom stereocenters. The van der Waals surface area contributed by atoms with E-state index in [1.165, 1.54) is 23.9 Å². The van der Waals surface area contributed by atoms with Gasteiger partial charge < -0.3 is 5.73 Å². The van der Waals surface area contributed by atoms with E-state index in [9.17, 15) is 8.42 Å². The zero-order valence-corrected chi connectivity index (χ0v) is 13.0. The normalized spacial score (nSPS) is 11.3. The number of nitrogens with one attached hydrogen (secondary N) is 1. The van der Waals surface area contributed by atoms with Gasteiger partial charge in [-0.1, -0.05) is 17.7 Å². The molecule has 0 spiro atoms. The lowest BCUT2D eigenvalue weighted by Gasteiger charge is -2.11. The average molecular weight is 329 g/mol. The topological polar surface area (TPSA) is 72.2 Å². The van der Waals surface area contributed by atoms with Gasteiger partial charge in [0.05, 0.1) is 5.69 Å². The monoisotopic (exact) mass is 328 g/mol. The number of hydrogen-bond acceptors (Lipinski definition) is 4. The summed E-state index contributed by atoms with van der Waals surface area (Å²) < 4.78 is 27.1. The second-order valence-electron chi connectivity index (χ2n) is 4.02. The minimum Gasteiger partial charge on any atom is -0.398 e. The third-order valence-electron chi connectivity index (χ3n) is 2.59. The average Bonchev–Trinajstić information content (AvgIpc) is 2.41. The highest BCUT2D eigenvalue weighted by atomic mass is 35.5. The molecule has 2 rings (SSSR count). The third-order valence-corrected chi connectivity index (χ3v) is 4.98. The summed E-state index contributed by atoms with van der Waals surface area (Å²) in [6, 6.07) is 11.5. The van der Waals surface area contributed by atoms with Crippen LogP contribution in [0.4, 0.5) is 11.4 Å². The fourth-order valence-corrected chi connectivity index (χ4v) is 3.54. The predicted octanol–water partition coefficient (Wildman–Crippen LogP) is 3.44. The maximum Gasteiger partial charge on any atom is 0.263 e. The first-order valence-electron chi connectivity index (χ1n) is 5.64. The molecule has 3 N–H and O–H groups in total. The van der Waals surface area contributed by atoms with Crippen molar-refractivity contribution in [3.05, 3.63) is 47.5 Å². The van der Waals surface area contributed by atoms with Crippen molar-refractivity contribution in [2.24, 2.45) is 0 Å². The Bertz CT molecular complexity index is 733.